The summed E-state index contributed by atoms with van der Waals surface area (Å²) < 4.78 is 11.0. The predicted molar refractivity (Wildman–Crippen MR) is 69.6 cm³/mol. The maximum atomic E-state index is 12.0. The first-order valence-corrected chi connectivity index (χ1v) is 6.62. The number of esters is 1. The van der Waals surface area contributed by atoms with Crippen LogP contribution in [-0.2, 0) is 9.47 Å². The van der Waals surface area contributed by atoms with Gasteiger partial charge >= 0.3 is 5.97 Å². The van der Waals surface area contributed by atoms with Gasteiger partial charge in [0, 0.05) is 5.92 Å². The SMILES string of the molecule is CC[C@H]1OC(Cl)C(OC(=O)c2ccccc2)[C@H]1C. The van der Waals surface area contributed by atoms with Crippen molar-refractivity contribution in [2.24, 2.45) is 5.92 Å². The number of hydrogen-bond donors (Lipinski definition) is 0. The van der Waals surface area contributed by atoms with Crippen LogP contribution in [0, 0.1) is 5.92 Å². The minimum Gasteiger partial charge on any atom is -0.454 e. The lowest BCUT2D eigenvalue weighted by atomic mass is 9.99. The molecule has 0 amide bonds. The minimum absolute atomic E-state index is 0.0565. The smallest absolute Gasteiger partial charge is 0.338 e. The average Bonchev–Trinajstić information content (AvgIpc) is 2.67. The van der Waals surface area contributed by atoms with Gasteiger partial charge in [0.05, 0.1) is 11.7 Å². The highest BCUT2D eigenvalue weighted by molar-refractivity contribution is 6.20. The van der Waals surface area contributed by atoms with E-state index in [0.717, 1.165) is 6.42 Å². The Kier molecular flexibility index (Phi) is 4.25. The van der Waals surface area contributed by atoms with Crippen LogP contribution in [0.1, 0.15) is 30.6 Å². The van der Waals surface area contributed by atoms with Crippen molar-refractivity contribution in [1.82, 2.24) is 0 Å². The van der Waals surface area contributed by atoms with E-state index in [1.54, 1.807) is 24.3 Å². The van der Waals surface area contributed by atoms with Gasteiger partial charge in [-0.05, 0) is 18.6 Å². The van der Waals surface area contributed by atoms with Gasteiger partial charge in [-0.15, -0.1) is 0 Å². The second-order valence-corrected chi connectivity index (χ2v) is 4.96. The molecule has 1 aliphatic heterocycles. The standard InChI is InChI=1S/C14H17ClO3/c1-3-11-9(2)12(13(15)17-11)18-14(16)10-7-5-4-6-8-10/h4-9,11-13H,3H2,1-2H3/t9-,11+,12?,13?/m0/s1. The third-order valence-electron chi connectivity index (χ3n) is 3.32. The van der Waals surface area contributed by atoms with Crippen molar-refractivity contribution in [2.75, 3.05) is 0 Å². The van der Waals surface area contributed by atoms with E-state index in [2.05, 4.69) is 0 Å². The summed E-state index contributed by atoms with van der Waals surface area (Å²) in [6, 6.07) is 8.92. The molecular formula is C14H17ClO3. The lowest BCUT2D eigenvalue weighted by Crippen LogP contribution is -2.29. The summed E-state index contributed by atoms with van der Waals surface area (Å²) in [6.45, 7) is 4.03. The normalized spacial score (nSPS) is 31.3. The zero-order valence-electron chi connectivity index (χ0n) is 10.5. The fourth-order valence-electron chi connectivity index (χ4n) is 2.21. The number of carbonyl (C=O) groups is 1. The molecule has 0 aromatic heterocycles. The summed E-state index contributed by atoms with van der Waals surface area (Å²) in [5.41, 5.74) is -0.0221. The number of benzene rings is 1. The molecule has 0 N–H and O–H groups in total. The van der Waals surface area contributed by atoms with Crippen molar-refractivity contribution in [1.29, 1.82) is 0 Å². The molecule has 98 valence electrons. The third-order valence-corrected chi connectivity index (χ3v) is 3.67. The Morgan fingerprint density at radius 2 is 2.06 bits per heavy atom. The monoisotopic (exact) mass is 268 g/mol. The van der Waals surface area contributed by atoms with Crippen LogP contribution in [0.25, 0.3) is 0 Å². The average molecular weight is 269 g/mol. The summed E-state index contributed by atoms with van der Waals surface area (Å²) in [7, 11) is 0. The molecule has 4 atom stereocenters. The summed E-state index contributed by atoms with van der Waals surface area (Å²) in [5, 5.41) is 0. The van der Waals surface area contributed by atoms with Gasteiger partial charge < -0.3 is 9.47 Å². The molecule has 0 radical (unpaired) electrons. The molecular weight excluding hydrogens is 252 g/mol. The zero-order chi connectivity index (χ0) is 13.1. The predicted octanol–water partition coefficient (Wildman–Crippen LogP) is 3.22. The lowest BCUT2D eigenvalue weighted by Gasteiger charge is -2.18. The second-order valence-electron chi connectivity index (χ2n) is 4.53. The van der Waals surface area contributed by atoms with E-state index in [1.807, 2.05) is 19.9 Å². The number of rotatable bonds is 3. The number of alkyl halides is 1. The minimum atomic E-state index is -0.558. The first-order valence-electron chi connectivity index (χ1n) is 6.19. The van der Waals surface area contributed by atoms with Gasteiger partial charge in [-0.1, -0.05) is 43.6 Å². The fraction of sp³-hybridized carbons (Fsp3) is 0.500. The Bertz CT molecular complexity index is 407. The number of hydrogen-bond acceptors (Lipinski definition) is 3. The Hall–Kier alpha value is -1.06. The third kappa shape index (κ3) is 2.68. The lowest BCUT2D eigenvalue weighted by molar-refractivity contribution is 0.0132. The van der Waals surface area contributed by atoms with Crippen LogP contribution >= 0.6 is 11.6 Å². The largest absolute Gasteiger partial charge is 0.454 e. The molecule has 1 aromatic rings. The Balaban J connectivity index is 2.04. The molecule has 1 aliphatic rings. The highest BCUT2D eigenvalue weighted by Crippen LogP contribution is 2.33. The van der Waals surface area contributed by atoms with Crippen molar-refractivity contribution >= 4 is 17.6 Å². The molecule has 1 heterocycles. The topological polar surface area (TPSA) is 35.5 Å². The van der Waals surface area contributed by atoms with E-state index in [9.17, 15) is 4.79 Å². The highest BCUT2D eigenvalue weighted by atomic mass is 35.5. The number of ether oxygens (including phenoxy) is 2. The van der Waals surface area contributed by atoms with Crippen LogP contribution in [0.4, 0.5) is 0 Å². The Morgan fingerprint density at radius 1 is 1.39 bits per heavy atom. The summed E-state index contributed by atoms with van der Waals surface area (Å²) in [5.74, 6) is -0.233. The molecule has 18 heavy (non-hydrogen) atoms. The molecule has 2 rings (SSSR count). The van der Waals surface area contributed by atoms with E-state index in [-0.39, 0.29) is 24.1 Å². The molecule has 1 fully saturated rings. The van der Waals surface area contributed by atoms with Gasteiger partial charge in [-0.2, -0.15) is 0 Å². The van der Waals surface area contributed by atoms with Gasteiger partial charge in [0.1, 0.15) is 6.10 Å². The van der Waals surface area contributed by atoms with Crippen LogP contribution in [0.5, 0.6) is 0 Å². The fourth-order valence-corrected chi connectivity index (χ4v) is 2.63. The molecule has 0 bridgehead atoms. The highest BCUT2D eigenvalue weighted by Gasteiger charge is 2.42. The van der Waals surface area contributed by atoms with E-state index in [0.29, 0.717) is 5.56 Å². The van der Waals surface area contributed by atoms with E-state index >= 15 is 0 Å². The van der Waals surface area contributed by atoms with Crippen LogP contribution < -0.4 is 0 Å². The van der Waals surface area contributed by atoms with Gasteiger partial charge in [-0.25, -0.2) is 4.79 Å². The molecule has 3 nitrogen and oxygen atoms in total. The van der Waals surface area contributed by atoms with E-state index in [1.165, 1.54) is 0 Å². The first-order chi connectivity index (χ1) is 8.63. The molecule has 0 spiro atoms. The van der Waals surface area contributed by atoms with Gasteiger partial charge in [-0.3, -0.25) is 0 Å². The maximum absolute atomic E-state index is 12.0. The molecule has 0 saturated carbocycles. The number of halogens is 1. The molecule has 1 aromatic carbocycles. The maximum Gasteiger partial charge on any atom is 0.338 e. The summed E-state index contributed by atoms with van der Waals surface area (Å²) >= 11 is 6.08. The molecule has 0 aliphatic carbocycles. The Labute approximate surface area is 112 Å². The molecule has 1 saturated heterocycles. The first kappa shape index (κ1) is 13.4. The van der Waals surface area contributed by atoms with Crippen LogP contribution in [-0.4, -0.2) is 23.7 Å². The quantitative estimate of drug-likeness (QED) is 0.624. The van der Waals surface area contributed by atoms with Crippen LogP contribution in [0.3, 0.4) is 0 Å². The summed E-state index contributed by atoms with van der Waals surface area (Å²) in [6.07, 6.45) is 0.537. The van der Waals surface area contributed by atoms with Gasteiger partial charge in [0.15, 0.2) is 5.56 Å². The van der Waals surface area contributed by atoms with Crippen LogP contribution in [0.15, 0.2) is 30.3 Å². The van der Waals surface area contributed by atoms with Gasteiger partial charge in [0.25, 0.3) is 0 Å². The van der Waals surface area contributed by atoms with Crippen molar-refractivity contribution in [3.63, 3.8) is 0 Å². The van der Waals surface area contributed by atoms with E-state index in [4.69, 9.17) is 21.1 Å². The van der Waals surface area contributed by atoms with Crippen LogP contribution in [0.2, 0.25) is 0 Å². The Morgan fingerprint density at radius 3 is 2.61 bits per heavy atom. The van der Waals surface area contributed by atoms with Crippen molar-refractivity contribution in [3.8, 4) is 0 Å². The number of carbonyl (C=O) groups excluding carboxylic acids is 1. The molecule has 2 unspecified atom stereocenters. The molecule has 4 heteroatoms. The van der Waals surface area contributed by atoms with Gasteiger partial charge in [0.2, 0.25) is 0 Å². The van der Waals surface area contributed by atoms with Crippen molar-refractivity contribution < 1.29 is 14.3 Å². The van der Waals surface area contributed by atoms with E-state index < -0.39 is 5.56 Å². The summed E-state index contributed by atoms with van der Waals surface area (Å²) in [4.78, 5) is 12.0. The second kappa shape index (κ2) is 5.72. The van der Waals surface area contributed by atoms with Crippen molar-refractivity contribution in [2.45, 2.75) is 38.0 Å². The van der Waals surface area contributed by atoms with Crippen molar-refractivity contribution in [3.05, 3.63) is 35.9 Å². The zero-order valence-corrected chi connectivity index (χ0v) is 11.3.